The molecule has 134 valence electrons. The minimum atomic E-state index is -0.416. The molecule has 9 heteroatoms. The summed E-state index contributed by atoms with van der Waals surface area (Å²) in [6.45, 7) is 2.32. The predicted molar refractivity (Wildman–Crippen MR) is 94.8 cm³/mol. The third kappa shape index (κ3) is 2.67. The van der Waals surface area contributed by atoms with Crippen LogP contribution in [0, 0.1) is 12.7 Å². The van der Waals surface area contributed by atoms with Crippen molar-refractivity contribution in [1.29, 1.82) is 0 Å². The lowest BCUT2D eigenvalue weighted by Crippen LogP contribution is -2.28. The van der Waals surface area contributed by atoms with Crippen LogP contribution in [0.3, 0.4) is 0 Å². The van der Waals surface area contributed by atoms with Crippen molar-refractivity contribution < 1.29 is 13.9 Å². The summed E-state index contributed by atoms with van der Waals surface area (Å²) in [6.07, 6.45) is 1.45. The van der Waals surface area contributed by atoms with Gasteiger partial charge in [0.25, 0.3) is 5.91 Å². The van der Waals surface area contributed by atoms with E-state index in [9.17, 15) is 9.18 Å². The van der Waals surface area contributed by atoms with E-state index in [2.05, 4.69) is 26.0 Å². The maximum absolute atomic E-state index is 14.4. The van der Waals surface area contributed by atoms with Gasteiger partial charge in [0.2, 0.25) is 0 Å². The van der Waals surface area contributed by atoms with Crippen LogP contribution in [0.2, 0.25) is 0 Å². The fraction of sp³-hybridized carbons (Fsp3) is 0.235. The number of anilines is 3. The van der Waals surface area contributed by atoms with Crippen LogP contribution in [-0.2, 0) is 0 Å². The Morgan fingerprint density at radius 1 is 1.35 bits per heavy atom. The van der Waals surface area contributed by atoms with Crippen LogP contribution < -0.4 is 20.7 Å². The second kappa shape index (κ2) is 6.17. The Morgan fingerprint density at radius 3 is 3.00 bits per heavy atom. The number of ether oxygens (including phenoxy) is 1. The SMILES string of the molecule is CNc1cc2nc3c(cnn13)C(=O)NCCOc1cc(c(F)cc1C)N2. The number of aromatic nitrogens is 3. The van der Waals surface area contributed by atoms with E-state index in [0.717, 1.165) is 0 Å². The molecule has 1 aliphatic heterocycles. The second-order valence-corrected chi connectivity index (χ2v) is 5.90. The highest BCUT2D eigenvalue weighted by atomic mass is 19.1. The summed E-state index contributed by atoms with van der Waals surface area (Å²) in [5, 5.41) is 12.9. The van der Waals surface area contributed by atoms with Gasteiger partial charge in [-0.15, -0.1) is 0 Å². The molecule has 0 saturated carbocycles. The van der Waals surface area contributed by atoms with Gasteiger partial charge in [-0.2, -0.15) is 9.61 Å². The highest BCUT2D eigenvalue weighted by Crippen LogP contribution is 2.29. The number of carbonyl (C=O) groups is 1. The van der Waals surface area contributed by atoms with Crippen molar-refractivity contribution in [1.82, 2.24) is 19.9 Å². The van der Waals surface area contributed by atoms with Gasteiger partial charge in [0.05, 0.1) is 18.4 Å². The van der Waals surface area contributed by atoms with Gasteiger partial charge in [-0.3, -0.25) is 4.79 Å². The Hall–Kier alpha value is -3.36. The fourth-order valence-electron chi connectivity index (χ4n) is 2.83. The first-order chi connectivity index (χ1) is 12.6. The van der Waals surface area contributed by atoms with Gasteiger partial charge in [0, 0.05) is 19.2 Å². The van der Waals surface area contributed by atoms with Crippen LogP contribution >= 0.6 is 0 Å². The maximum Gasteiger partial charge on any atom is 0.256 e. The lowest BCUT2D eigenvalue weighted by atomic mass is 10.2. The van der Waals surface area contributed by atoms with Gasteiger partial charge in [0.15, 0.2) is 5.65 Å². The van der Waals surface area contributed by atoms with E-state index in [4.69, 9.17) is 4.74 Å². The van der Waals surface area contributed by atoms with Gasteiger partial charge in [-0.25, -0.2) is 9.37 Å². The zero-order valence-electron chi connectivity index (χ0n) is 14.3. The summed E-state index contributed by atoms with van der Waals surface area (Å²) in [7, 11) is 1.73. The van der Waals surface area contributed by atoms with Crippen LogP contribution in [0.4, 0.5) is 21.7 Å². The van der Waals surface area contributed by atoms with Crippen molar-refractivity contribution in [2.45, 2.75) is 6.92 Å². The number of amides is 1. The summed E-state index contributed by atoms with van der Waals surface area (Å²) in [5.41, 5.74) is 1.60. The number of nitrogens with zero attached hydrogens (tertiary/aromatic N) is 3. The number of benzene rings is 1. The van der Waals surface area contributed by atoms with Crippen LogP contribution in [0.1, 0.15) is 15.9 Å². The van der Waals surface area contributed by atoms with E-state index in [1.807, 2.05) is 0 Å². The molecule has 1 aromatic carbocycles. The first-order valence-corrected chi connectivity index (χ1v) is 8.11. The average Bonchev–Trinajstić information content (AvgIpc) is 3.04. The molecular weight excluding hydrogens is 339 g/mol. The number of nitrogens with one attached hydrogen (secondary N) is 3. The molecular formula is C17H17FN6O2. The highest BCUT2D eigenvalue weighted by Gasteiger charge is 2.18. The molecule has 4 bridgehead atoms. The lowest BCUT2D eigenvalue weighted by Gasteiger charge is -2.13. The number of carbonyl (C=O) groups excluding carboxylic acids is 1. The van der Waals surface area contributed by atoms with Crippen LogP contribution in [0.25, 0.3) is 5.65 Å². The predicted octanol–water partition coefficient (Wildman–Crippen LogP) is 2.08. The summed E-state index contributed by atoms with van der Waals surface area (Å²) in [4.78, 5) is 16.9. The highest BCUT2D eigenvalue weighted by molar-refractivity contribution is 6.00. The first-order valence-electron chi connectivity index (χ1n) is 8.11. The van der Waals surface area contributed by atoms with Gasteiger partial charge in [0.1, 0.15) is 35.4 Å². The van der Waals surface area contributed by atoms with Crippen molar-refractivity contribution >= 4 is 28.9 Å². The number of aryl methyl sites for hydroxylation is 1. The van der Waals surface area contributed by atoms with E-state index >= 15 is 0 Å². The quantitative estimate of drug-likeness (QED) is 0.618. The molecule has 8 nitrogen and oxygen atoms in total. The smallest absolute Gasteiger partial charge is 0.256 e. The standard InChI is InChI=1S/C17H17FN6O2/c1-9-5-11(18)12-6-13(9)26-4-3-20-17(25)10-8-21-24-15(19-2)7-14(22-12)23-16(10)24/h5-8,19H,3-4H2,1-2H3,(H,20,25)(H,22,23). The zero-order chi connectivity index (χ0) is 18.3. The van der Waals surface area contributed by atoms with E-state index in [1.54, 1.807) is 26.1 Å². The average molecular weight is 356 g/mol. The molecule has 0 radical (unpaired) electrons. The summed E-state index contributed by atoms with van der Waals surface area (Å²) in [5.74, 6) is 0.810. The topological polar surface area (TPSA) is 92.6 Å². The molecule has 3 aromatic rings. The number of hydrogen-bond donors (Lipinski definition) is 3. The molecule has 26 heavy (non-hydrogen) atoms. The van der Waals surface area contributed by atoms with Gasteiger partial charge < -0.3 is 20.7 Å². The number of rotatable bonds is 1. The third-order valence-electron chi connectivity index (χ3n) is 4.15. The van der Waals surface area contributed by atoms with E-state index in [-0.39, 0.29) is 18.2 Å². The van der Waals surface area contributed by atoms with Crippen molar-refractivity contribution in [3.63, 3.8) is 0 Å². The summed E-state index contributed by atoms with van der Waals surface area (Å²) in [6, 6.07) is 4.67. The Bertz CT molecular complexity index is 1020. The fourth-order valence-corrected chi connectivity index (χ4v) is 2.83. The Balaban J connectivity index is 1.91. The molecule has 4 rings (SSSR count). The number of halogens is 1. The molecule has 0 aliphatic carbocycles. The second-order valence-electron chi connectivity index (χ2n) is 5.90. The van der Waals surface area contributed by atoms with E-state index < -0.39 is 5.82 Å². The van der Waals surface area contributed by atoms with Crippen LogP contribution in [-0.4, -0.2) is 40.7 Å². The Kier molecular flexibility index (Phi) is 3.83. The molecule has 3 N–H and O–H groups in total. The number of hydrogen-bond acceptors (Lipinski definition) is 6. The minimum absolute atomic E-state index is 0.240. The van der Waals surface area contributed by atoms with Gasteiger partial charge in [-0.1, -0.05) is 0 Å². The minimum Gasteiger partial charge on any atom is -0.491 e. The molecule has 0 spiro atoms. The summed E-state index contributed by atoms with van der Waals surface area (Å²) < 4.78 is 21.6. The first kappa shape index (κ1) is 16.1. The molecule has 1 aliphatic rings. The number of fused-ring (bicyclic) bond motifs is 3. The normalized spacial score (nSPS) is 13.9. The molecule has 1 amide bonds. The monoisotopic (exact) mass is 356 g/mol. The van der Waals surface area contributed by atoms with E-state index in [1.165, 1.54) is 16.8 Å². The van der Waals surface area contributed by atoms with E-state index in [0.29, 0.717) is 40.7 Å². The Labute approximate surface area is 148 Å². The molecule has 0 atom stereocenters. The third-order valence-corrected chi connectivity index (χ3v) is 4.15. The van der Waals surface area contributed by atoms with Crippen LogP contribution in [0.15, 0.2) is 24.4 Å². The molecule has 3 heterocycles. The van der Waals surface area contributed by atoms with Gasteiger partial charge >= 0.3 is 0 Å². The van der Waals surface area contributed by atoms with Crippen LogP contribution in [0.5, 0.6) is 5.75 Å². The lowest BCUT2D eigenvalue weighted by molar-refractivity contribution is 0.0948. The maximum atomic E-state index is 14.4. The molecule has 2 aromatic heterocycles. The van der Waals surface area contributed by atoms with Crippen molar-refractivity contribution in [3.05, 3.63) is 41.3 Å². The van der Waals surface area contributed by atoms with Crippen molar-refractivity contribution in [3.8, 4) is 5.75 Å². The molecule has 0 unspecified atom stereocenters. The van der Waals surface area contributed by atoms with Crippen molar-refractivity contribution in [2.24, 2.45) is 0 Å². The summed E-state index contributed by atoms with van der Waals surface area (Å²) >= 11 is 0. The van der Waals surface area contributed by atoms with Gasteiger partial charge in [-0.05, 0) is 18.6 Å². The zero-order valence-corrected chi connectivity index (χ0v) is 14.3. The molecule has 0 saturated heterocycles. The largest absolute Gasteiger partial charge is 0.491 e. The Morgan fingerprint density at radius 2 is 2.19 bits per heavy atom. The molecule has 0 fully saturated rings. The van der Waals surface area contributed by atoms with Crippen molar-refractivity contribution in [2.75, 3.05) is 30.8 Å².